The summed E-state index contributed by atoms with van der Waals surface area (Å²) in [6, 6.07) is 13.3. The van der Waals surface area contributed by atoms with Crippen molar-refractivity contribution in [1.29, 1.82) is 0 Å². The van der Waals surface area contributed by atoms with E-state index in [9.17, 15) is 9.90 Å². The monoisotopic (exact) mass is 283 g/mol. The van der Waals surface area contributed by atoms with Gasteiger partial charge in [0.2, 0.25) is 0 Å². The van der Waals surface area contributed by atoms with Crippen molar-refractivity contribution in [3.8, 4) is 0 Å². The Morgan fingerprint density at radius 2 is 2.05 bits per heavy atom. The van der Waals surface area contributed by atoms with Crippen LogP contribution in [0.4, 0.5) is 0 Å². The minimum Gasteiger partial charge on any atom is -0.408 e. The number of aliphatic hydroxyl groups excluding tert-OH is 1. The molecule has 0 bridgehead atoms. The average Bonchev–Trinajstić information content (AvgIpc) is 2.74. The Bertz CT molecular complexity index is 843. The Balaban J connectivity index is 2.10. The zero-order valence-corrected chi connectivity index (χ0v) is 12.0. The number of hydrogen-bond acceptors (Lipinski definition) is 3. The molecule has 1 unspecified atom stereocenters. The van der Waals surface area contributed by atoms with E-state index in [0.29, 0.717) is 17.6 Å². The fourth-order valence-corrected chi connectivity index (χ4v) is 2.48. The molecule has 0 saturated carbocycles. The molecular weight excluding hydrogens is 266 g/mol. The van der Waals surface area contributed by atoms with Crippen LogP contribution in [0.2, 0.25) is 0 Å². The molecule has 108 valence electrons. The van der Waals surface area contributed by atoms with Crippen LogP contribution in [0.15, 0.2) is 51.7 Å². The quantitative estimate of drug-likeness (QED) is 0.804. The van der Waals surface area contributed by atoms with Crippen molar-refractivity contribution in [2.24, 2.45) is 0 Å². The predicted molar refractivity (Wildman–Crippen MR) is 81.4 cm³/mol. The van der Waals surface area contributed by atoms with Gasteiger partial charge in [-0.1, -0.05) is 35.9 Å². The van der Waals surface area contributed by atoms with Gasteiger partial charge in [0.1, 0.15) is 0 Å². The molecule has 0 aliphatic carbocycles. The van der Waals surface area contributed by atoms with Gasteiger partial charge in [-0.3, -0.25) is 4.57 Å². The molecule has 2 aromatic carbocycles. The summed E-state index contributed by atoms with van der Waals surface area (Å²) in [5.41, 5.74) is 4.21. The summed E-state index contributed by atoms with van der Waals surface area (Å²) in [5, 5.41) is 9.69. The molecule has 1 N–H and O–H groups in total. The van der Waals surface area contributed by atoms with E-state index in [2.05, 4.69) is 0 Å². The van der Waals surface area contributed by atoms with Crippen LogP contribution in [0.1, 0.15) is 29.7 Å². The average molecular weight is 283 g/mol. The van der Waals surface area contributed by atoms with Gasteiger partial charge >= 0.3 is 5.76 Å². The lowest BCUT2D eigenvalue weighted by molar-refractivity contribution is 0.199. The van der Waals surface area contributed by atoms with Crippen molar-refractivity contribution in [2.45, 2.75) is 26.5 Å². The van der Waals surface area contributed by atoms with Gasteiger partial charge in [-0.2, -0.15) is 0 Å². The van der Waals surface area contributed by atoms with E-state index in [1.54, 1.807) is 29.7 Å². The number of fused-ring (bicyclic) bond motifs is 1. The summed E-state index contributed by atoms with van der Waals surface area (Å²) in [7, 11) is 0. The van der Waals surface area contributed by atoms with Crippen LogP contribution in [0, 0.1) is 6.92 Å². The second-order valence-corrected chi connectivity index (χ2v) is 5.35. The molecule has 1 heterocycles. The first-order chi connectivity index (χ1) is 10.0. The van der Waals surface area contributed by atoms with Gasteiger partial charge < -0.3 is 9.52 Å². The highest BCUT2D eigenvalue weighted by atomic mass is 16.4. The van der Waals surface area contributed by atoms with E-state index in [4.69, 9.17) is 4.42 Å². The molecular formula is C17H17NO3. The van der Waals surface area contributed by atoms with Crippen LogP contribution in [-0.4, -0.2) is 9.67 Å². The minimum atomic E-state index is -0.577. The second kappa shape index (κ2) is 5.22. The van der Waals surface area contributed by atoms with Crippen LogP contribution in [0.5, 0.6) is 0 Å². The molecule has 0 radical (unpaired) electrons. The van der Waals surface area contributed by atoms with Crippen LogP contribution < -0.4 is 5.76 Å². The van der Waals surface area contributed by atoms with Gasteiger partial charge in [0.05, 0.1) is 18.2 Å². The summed E-state index contributed by atoms with van der Waals surface area (Å²) < 4.78 is 6.86. The molecule has 1 atom stereocenters. The molecule has 0 saturated heterocycles. The van der Waals surface area contributed by atoms with Crippen molar-refractivity contribution < 1.29 is 9.52 Å². The molecule has 0 fully saturated rings. The van der Waals surface area contributed by atoms with Gasteiger partial charge in [-0.25, -0.2) is 4.79 Å². The Morgan fingerprint density at radius 3 is 2.76 bits per heavy atom. The largest absolute Gasteiger partial charge is 0.420 e. The summed E-state index contributed by atoms with van der Waals surface area (Å²) in [6.45, 7) is 4.17. The number of nitrogens with zero attached hydrogens (tertiary/aromatic N) is 1. The van der Waals surface area contributed by atoms with Crippen molar-refractivity contribution in [2.75, 3.05) is 0 Å². The van der Waals surface area contributed by atoms with Crippen molar-refractivity contribution in [1.82, 2.24) is 4.57 Å². The predicted octanol–water partition coefficient (Wildman–Crippen LogP) is 3.00. The van der Waals surface area contributed by atoms with Crippen molar-refractivity contribution in [3.63, 3.8) is 0 Å². The highest BCUT2D eigenvalue weighted by Gasteiger charge is 2.12. The van der Waals surface area contributed by atoms with E-state index < -0.39 is 6.10 Å². The number of oxazole rings is 1. The van der Waals surface area contributed by atoms with Gasteiger partial charge in [-0.05, 0) is 37.1 Å². The summed E-state index contributed by atoms with van der Waals surface area (Å²) >= 11 is 0. The zero-order chi connectivity index (χ0) is 15.0. The maximum atomic E-state index is 12.0. The lowest BCUT2D eigenvalue weighted by Crippen LogP contribution is -2.15. The molecule has 1 aromatic heterocycles. The standard InChI is InChI=1S/C17H17NO3/c1-11-4-3-5-13(8-11)10-18-15-9-14(12(2)19)6-7-16(15)21-17(18)20/h3-9,12,19H,10H2,1-2H3. The van der Waals surface area contributed by atoms with Crippen LogP contribution in [-0.2, 0) is 6.54 Å². The highest BCUT2D eigenvalue weighted by Crippen LogP contribution is 2.20. The first kappa shape index (κ1) is 13.6. The van der Waals surface area contributed by atoms with Gasteiger partial charge in [0, 0.05) is 0 Å². The number of hydrogen-bond donors (Lipinski definition) is 1. The Kier molecular flexibility index (Phi) is 3.39. The number of aliphatic hydroxyl groups is 1. The third kappa shape index (κ3) is 2.62. The maximum absolute atomic E-state index is 12.0. The number of benzene rings is 2. The molecule has 4 nitrogen and oxygen atoms in total. The number of rotatable bonds is 3. The lowest BCUT2D eigenvalue weighted by Gasteiger charge is -2.06. The number of aryl methyl sites for hydroxylation is 1. The first-order valence-electron chi connectivity index (χ1n) is 6.91. The normalized spacial score (nSPS) is 12.7. The van der Waals surface area contributed by atoms with Crippen molar-refractivity contribution in [3.05, 3.63) is 69.7 Å². The fourth-order valence-electron chi connectivity index (χ4n) is 2.48. The molecule has 21 heavy (non-hydrogen) atoms. The fraction of sp³-hybridized carbons (Fsp3) is 0.235. The third-order valence-electron chi connectivity index (χ3n) is 3.60. The maximum Gasteiger partial charge on any atom is 0.420 e. The van der Waals surface area contributed by atoms with Gasteiger partial charge in [-0.15, -0.1) is 0 Å². The smallest absolute Gasteiger partial charge is 0.408 e. The number of aromatic nitrogens is 1. The van der Waals surface area contributed by atoms with E-state index in [-0.39, 0.29) is 5.76 Å². The molecule has 0 aliphatic heterocycles. The van der Waals surface area contributed by atoms with Gasteiger partial charge in [0.25, 0.3) is 0 Å². The van der Waals surface area contributed by atoms with E-state index in [1.165, 1.54) is 0 Å². The molecule has 4 heteroatoms. The zero-order valence-electron chi connectivity index (χ0n) is 12.0. The van der Waals surface area contributed by atoms with Crippen LogP contribution in [0.3, 0.4) is 0 Å². The lowest BCUT2D eigenvalue weighted by atomic mass is 10.1. The topological polar surface area (TPSA) is 55.4 Å². The van der Waals surface area contributed by atoms with Crippen LogP contribution in [0.25, 0.3) is 11.1 Å². The first-order valence-corrected chi connectivity index (χ1v) is 6.91. The van der Waals surface area contributed by atoms with E-state index >= 15 is 0 Å². The van der Waals surface area contributed by atoms with Crippen molar-refractivity contribution >= 4 is 11.1 Å². The minimum absolute atomic E-state index is 0.380. The molecule has 0 amide bonds. The second-order valence-electron chi connectivity index (χ2n) is 5.35. The third-order valence-corrected chi connectivity index (χ3v) is 3.60. The Hall–Kier alpha value is -2.33. The molecule has 3 aromatic rings. The summed E-state index contributed by atoms with van der Waals surface area (Å²) in [5.74, 6) is -0.380. The molecule has 0 spiro atoms. The molecule has 3 rings (SSSR count). The summed E-state index contributed by atoms with van der Waals surface area (Å²) in [6.07, 6.45) is -0.577. The molecule has 0 aliphatic rings. The highest BCUT2D eigenvalue weighted by molar-refractivity contribution is 5.74. The Morgan fingerprint density at radius 1 is 1.24 bits per heavy atom. The SMILES string of the molecule is Cc1cccc(Cn2c(=O)oc3ccc(C(C)O)cc32)c1. The van der Waals surface area contributed by atoms with E-state index in [0.717, 1.165) is 16.7 Å². The van der Waals surface area contributed by atoms with E-state index in [1.807, 2.05) is 31.2 Å². The summed E-state index contributed by atoms with van der Waals surface area (Å²) in [4.78, 5) is 12.0. The van der Waals surface area contributed by atoms with Crippen LogP contribution >= 0.6 is 0 Å². The van der Waals surface area contributed by atoms with Gasteiger partial charge in [0.15, 0.2) is 5.58 Å². The Labute approximate surface area is 122 Å².